The lowest BCUT2D eigenvalue weighted by molar-refractivity contribution is 0.140. The van der Waals surface area contributed by atoms with Gasteiger partial charge >= 0.3 is 0 Å². The Balaban J connectivity index is 1.76. The second-order valence-corrected chi connectivity index (χ2v) is 6.68. The zero-order valence-electron chi connectivity index (χ0n) is 14.9. The summed E-state index contributed by atoms with van der Waals surface area (Å²) in [7, 11) is 5.77. The van der Waals surface area contributed by atoms with E-state index in [0.29, 0.717) is 6.04 Å². The molecule has 0 unspecified atom stereocenters. The maximum absolute atomic E-state index is 5.40. The Bertz CT molecular complexity index is 654. The second-order valence-electron chi connectivity index (χ2n) is 6.68. The topological polar surface area (TPSA) is 28.6 Å². The lowest BCUT2D eigenvalue weighted by Gasteiger charge is -2.36. The summed E-state index contributed by atoms with van der Waals surface area (Å²) in [6.45, 7) is 2.08. The normalized spacial score (nSPS) is 18.4. The Morgan fingerprint density at radius 1 is 1.21 bits per heavy atom. The van der Waals surface area contributed by atoms with E-state index in [1.165, 1.54) is 30.4 Å². The standard InChI is InChI=1S/C20H27N3O/c1-22(2)20-11-10-16(14-21-20)15-23-12-5-4-9-19(23)17-7-6-8-18(13-17)24-3/h6-8,10-11,13-14,19H,4-5,9,12,15H2,1-3H3/t19-/m0/s1. The van der Waals surface area contributed by atoms with Gasteiger partial charge in [-0.1, -0.05) is 24.6 Å². The molecule has 1 fully saturated rings. The number of nitrogens with zero attached hydrogens (tertiary/aromatic N) is 3. The molecule has 0 spiro atoms. The number of rotatable bonds is 5. The van der Waals surface area contributed by atoms with Gasteiger partial charge in [-0.15, -0.1) is 0 Å². The predicted octanol–water partition coefficient (Wildman–Crippen LogP) is 3.88. The summed E-state index contributed by atoms with van der Waals surface area (Å²) in [5.41, 5.74) is 2.63. The largest absolute Gasteiger partial charge is 0.497 e. The number of ether oxygens (including phenoxy) is 1. The molecule has 1 aromatic carbocycles. The zero-order chi connectivity index (χ0) is 16.9. The van der Waals surface area contributed by atoms with Crippen LogP contribution in [-0.2, 0) is 6.54 Å². The van der Waals surface area contributed by atoms with Crippen LogP contribution in [0, 0.1) is 0 Å². The summed E-state index contributed by atoms with van der Waals surface area (Å²) in [5.74, 6) is 1.94. The van der Waals surface area contributed by atoms with Crippen molar-refractivity contribution in [2.24, 2.45) is 0 Å². The average Bonchev–Trinajstić information content (AvgIpc) is 2.62. The number of benzene rings is 1. The molecule has 1 aliphatic rings. The molecule has 4 heteroatoms. The molecule has 2 aromatic rings. The van der Waals surface area contributed by atoms with Crippen LogP contribution in [0.1, 0.15) is 36.4 Å². The van der Waals surface area contributed by atoms with Gasteiger partial charge in [0.15, 0.2) is 0 Å². The molecule has 0 bridgehead atoms. The fourth-order valence-corrected chi connectivity index (χ4v) is 3.42. The Morgan fingerprint density at radius 3 is 2.79 bits per heavy atom. The highest BCUT2D eigenvalue weighted by Crippen LogP contribution is 2.33. The van der Waals surface area contributed by atoms with Crippen LogP contribution in [0.5, 0.6) is 5.75 Å². The quantitative estimate of drug-likeness (QED) is 0.834. The van der Waals surface area contributed by atoms with Gasteiger partial charge in [0.25, 0.3) is 0 Å². The highest BCUT2D eigenvalue weighted by molar-refractivity contribution is 5.37. The van der Waals surface area contributed by atoms with Crippen LogP contribution in [0.4, 0.5) is 5.82 Å². The van der Waals surface area contributed by atoms with Gasteiger partial charge < -0.3 is 9.64 Å². The second kappa shape index (κ2) is 7.67. The average molecular weight is 325 g/mol. The first-order valence-corrected chi connectivity index (χ1v) is 8.67. The van der Waals surface area contributed by atoms with Crippen LogP contribution < -0.4 is 9.64 Å². The molecular formula is C20H27N3O. The van der Waals surface area contributed by atoms with Crippen LogP contribution in [0.3, 0.4) is 0 Å². The maximum Gasteiger partial charge on any atom is 0.127 e. The molecule has 2 heterocycles. The van der Waals surface area contributed by atoms with Gasteiger partial charge in [0.05, 0.1) is 7.11 Å². The van der Waals surface area contributed by atoms with E-state index < -0.39 is 0 Å². The van der Waals surface area contributed by atoms with Gasteiger partial charge in [-0.05, 0) is 48.7 Å². The van der Waals surface area contributed by atoms with Gasteiger partial charge in [0.2, 0.25) is 0 Å². The molecule has 1 aromatic heterocycles. The van der Waals surface area contributed by atoms with Crippen molar-refractivity contribution >= 4 is 5.82 Å². The monoisotopic (exact) mass is 325 g/mol. The first-order valence-electron chi connectivity index (χ1n) is 8.67. The van der Waals surface area contributed by atoms with Gasteiger partial charge in [0, 0.05) is 32.9 Å². The molecule has 0 N–H and O–H groups in total. The molecule has 3 rings (SSSR count). The van der Waals surface area contributed by atoms with E-state index in [1.54, 1.807) is 7.11 Å². The van der Waals surface area contributed by atoms with Gasteiger partial charge in [-0.25, -0.2) is 4.98 Å². The minimum absolute atomic E-state index is 0.461. The molecule has 1 atom stereocenters. The summed E-state index contributed by atoms with van der Waals surface area (Å²) < 4.78 is 5.40. The molecule has 0 amide bonds. The van der Waals surface area contributed by atoms with Crippen molar-refractivity contribution in [2.45, 2.75) is 31.8 Å². The third kappa shape index (κ3) is 3.88. The van der Waals surface area contributed by atoms with Crippen molar-refractivity contribution in [3.63, 3.8) is 0 Å². The fourth-order valence-electron chi connectivity index (χ4n) is 3.42. The minimum Gasteiger partial charge on any atom is -0.497 e. The molecule has 1 saturated heterocycles. The molecule has 1 aliphatic heterocycles. The summed E-state index contributed by atoms with van der Waals surface area (Å²) in [6, 6.07) is 13.3. The summed E-state index contributed by atoms with van der Waals surface area (Å²) in [5, 5.41) is 0. The van der Waals surface area contributed by atoms with E-state index in [9.17, 15) is 0 Å². The van der Waals surface area contributed by atoms with Crippen LogP contribution in [-0.4, -0.2) is 37.6 Å². The van der Waals surface area contributed by atoms with Crippen molar-refractivity contribution in [3.05, 3.63) is 53.7 Å². The zero-order valence-corrected chi connectivity index (χ0v) is 14.9. The fraction of sp³-hybridized carbons (Fsp3) is 0.450. The highest BCUT2D eigenvalue weighted by atomic mass is 16.5. The van der Waals surface area contributed by atoms with E-state index in [4.69, 9.17) is 4.74 Å². The van der Waals surface area contributed by atoms with Crippen molar-refractivity contribution in [2.75, 3.05) is 32.6 Å². The smallest absolute Gasteiger partial charge is 0.127 e. The Labute approximate surface area is 145 Å². The number of hydrogen-bond acceptors (Lipinski definition) is 4. The summed E-state index contributed by atoms with van der Waals surface area (Å²) >= 11 is 0. The SMILES string of the molecule is COc1cccc([C@@H]2CCCCN2Cc2ccc(N(C)C)nc2)c1. The molecule has 128 valence electrons. The Morgan fingerprint density at radius 2 is 2.08 bits per heavy atom. The Kier molecular flexibility index (Phi) is 5.36. The van der Waals surface area contributed by atoms with Crippen LogP contribution in [0.15, 0.2) is 42.6 Å². The number of piperidine rings is 1. The molecule has 0 saturated carbocycles. The number of likely N-dealkylation sites (tertiary alicyclic amines) is 1. The minimum atomic E-state index is 0.461. The third-order valence-electron chi connectivity index (χ3n) is 4.75. The van der Waals surface area contributed by atoms with Crippen LogP contribution in [0.25, 0.3) is 0 Å². The van der Waals surface area contributed by atoms with Crippen molar-refractivity contribution in [1.29, 1.82) is 0 Å². The maximum atomic E-state index is 5.40. The van der Waals surface area contributed by atoms with Crippen LogP contribution >= 0.6 is 0 Å². The molecule has 0 radical (unpaired) electrons. The predicted molar refractivity (Wildman–Crippen MR) is 98.6 cm³/mol. The van der Waals surface area contributed by atoms with E-state index in [1.807, 2.05) is 31.3 Å². The van der Waals surface area contributed by atoms with Gasteiger partial charge in [0.1, 0.15) is 11.6 Å². The molecular weight excluding hydrogens is 298 g/mol. The lowest BCUT2D eigenvalue weighted by Crippen LogP contribution is -2.33. The molecule has 24 heavy (non-hydrogen) atoms. The highest BCUT2D eigenvalue weighted by Gasteiger charge is 2.24. The van der Waals surface area contributed by atoms with Gasteiger partial charge in [-0.3, -0.25) is 4.90 Å². The number of anilines is 1. The van der Waals surface area contributed by atoms with Crippen molar-refractivity contribution < 1.29 is 4.74 Å². The van der Waals surface area contributed by atoms with E-state index in [0.717, 1.165) is 24.7 Å². The van der Waals surface area contributed by atoms with Crippen molar-refractivity contribution in [1.82, 2.24) is 9.88 Å². The molecule has 4 nitrogen and oxygen atoms in total. The Hall–Kier alpha value is -2.07. The molecule has 0 aliphatic carbocycles. The lowest BCUT2D eigenvalue weighted by atomic mass is 9.94. The van der Waals surface area contributed by atoms with E-state index in [2.05, 4.69) is 40.2 Å². The van der Waals surface area contributed by atoms with E-state index >= 15 is 0 Å². The number of methoxy groups -OCH3 is 1. The van der Waals surface area contributed by atoms with Crippen molar-refractivity contribution in [3.8, 4) is 5.75 Å². The first kappa shape index (κ1) is 16.8. The number of hydrogen-bond donors (Lipinski definition) is 0. The summed E-state index contributed by atoms with van der Waals surface area (Å²) in [6.07, 6.45) is 5.77. The van der Waals surface area contributed by atoms with Gasteiger partial charge in [-0.2, -0.15) is 0 Å². The first-order chi connectivity index (χ1) is 11.7. The number of aromatic nitrogens is 1. The third-order valence-corrected chi connectivity index (χ3v) is 4.75. The number of pyridine rings is 1. The summed E-state index contributed by atoms with van der Waals surface area (Å²) in [4.78, 5) is 9.15. The van der Waals surface area contributed by atoms with Crippen LogP contribution in [0.2, 0.25) is 0 Å². The van der Waals surface area contributed by atoms with E-state index in [-0.39, 0.29) is 0 Å².